The van der Waals surface area contributed by atoms with Crippen LogP contribution >= 0.6 is 0 Å². The number of cyclic esters (lactones) is 2. The normalized spacial score (nSPS) is 25.8. The van der Waals surface area contributed by atoms with Gasteiger partial charge in [-0.05, 0) is 25.3 Å². The standard InChI is InChI=1S/C17H20O6S/c1-12-15(14-8-4-3-5-9-14)24(20,21)13(2)17(19)23-11-7-6-10-22-16(12)18/h3-5,8-9,13,15H,1,6-7,10-11H2,2H3/t13-,15-/m1/s1. The van der Waals surface area contributed by atoms with Crippen molar-refractivity contribution in [1.29, 1.82) is 0 Å². The molecule has 2 rings (SSSR count). The van der Waals surface area contributed by atoms with E-state index in [9.17, 15) is 18.0 Å². The SMILES string of the molecule is C=C1C(=O)OCCCCOC(=O)[C@@H](C)S(=O)(=O)[C@H]1c1ccccc1. The van der Waals surface area contributed by atoms with Crippen molar-refractivity contribution in [1.82, 2.24) is 0 Å². The van der Waals surface area contributed by atoms with Crippen LogP contribution < -0.4 is 0 Å². The average molecular weight is 352 g/mol. The number of benzene rings is 1. The molecule has 1 heterocycles. The highest BCUT2D eigenvalue weighted by molar-refractivity contribution is 7.93. The van der Waals surface area contributed by atoms with Crippen LogP contribution in [0.3, 0.4) is 0 Å². The quantitative estimate of drug-likeness (QED) is 0.567. The molecule has 2 atom stereocenters. The van der Waals surface area contributed by atoms with Crippen molar-refractivity contribution in [3.63, 3.8) is 0 Å². The first-order valence-electron chi connectivity index (χ1n) is 7.66. The number of esters is 2. The maximum atomic E-state index is 12.9. The molecule has 0 N–H and O–H groups in total. The zero-order chi connectivity index (χ0) is 17.7. The molecule has 1 fully saturated rings. The summed E-state index contributed by atoms with van der Waals surface area (Å²) in [7, 11) is -4.09. The number of hydrogen-bond acceptors (Lipinski definition) is 6. The Morgan fingerprint density at radius 1 is 1.04 bits per heavy atom. The van der Waals surface area contributed by atoms with Crippen molar-refractivity contribution < 1.29 is 27.5 Å². The van der Waals surface area contributed by atoms with E-state index in [4.69, 9.17) is 9.47 Å². The molecular weight excluding hydrogens is 332 g/mol. The van der Waals surface area contributed by atoms with Crippen LogP contribution in [0.15, 0.2) is 42.5 Å². The first kappa shape index (κ1) is 18.2. The lowest BCUT2D eigenvalue weighted by Gasteiger charge is -2.23. The molecule has 7 heteroatoms. The van der Waals surface area contributed by atoms with E-state index in [1.807, 2.05) is 0 Å². The maximum absolute atomic E-state index is 12.9. The molecular formula is C17H20O6S. The Morgan fingerprint density at radius 3 is 2.25 bits per heavy atom. The van der Waals surface area contributed by atoms with Crippen molar-refractivity contribution in [3.05, 3.63) is 48.0 Å². The molecule has 0 spiro atoms. The van der Waals surface area contributed by atoms with Gasteiger partial charge in [0, 0.05) is 0 Å². The third kappa shape index (κ3) is 3.84. The first-order valence-corrected chi connectivity index (χ1v) is 9.27. The minimum absolute atomic E-state index is 0.0905. The highest BCUT2D eigenvalue weighted by atomic mass is 32.2. The van der Waals surface area contributed by atoms with Gasteiger partial charge >= 0.3 is 11.9 Å². The summed E-state index contributed by atoms with van der Waals surface area (Å²) in [5.74, 6) is -1.59. The molecule has 0 unspecified atom stereocenters. The lowest BCUT2D eigenvalue weighted by molar-refractivity contribution is -0.144. The summed E-state index contributed by atoms with van der Waals surface area (Å²) in [6, 6.07) is 8.19. The predicted molar refractivity (Wildman–Crippen MR) is 87.9 cm³/mol. The molecule has 130 valence electrons. The van der Waals surface area contributed by atoms with Crippen molar-refractivity contribution in [3.8, 4) is 0 Å². The van der Waals surface area contributed by atoms with Crippen LogP contribution in [0.4, 0.5) is 0 Å². The minimum Gasteiger partial charge on any atom is -0.465 e. The number of carbonyl (C=O) groups is 2. The highest BCUT2D eigenvalue weighted by Crippen LogP contribution is 2.33. The monoisotopic (exact) mass is 352 g/mol. The van der Waals surface area contributed by atoms with Crippen LogP contribution in [0.1, 0.15) is 30.6 Å². The van der Waals surface area contributed by atoms with Crippen molar-refractivity contribution in [2.45, 2.75) is 30.3 Å². The molecule has 1 saturated heterocycles. The van der Waals surface area contributed by atoms with Gasteiger partial charge in [-0.1, -0.05) is 36.9 Å². The van der Waals surface area contributed by atoms with E-state index in [2.05, 4.69) is 6.58 Å². The van der Waals surface area contributed by atoms with E-state index in [1.165, 1.54) is 6.92 Å². The second-order valence-electron chi connectivity index (χ2n) is 5.56. The predicted octanol–water partition coefficient (Wildman–Crippen LogP) is 1.97. The molecule has 0 saturated carbocycles. The molecule has 0 aliphatic carbocycles. The minimum atomic E-state index is -4.09. The van der Waals surface area contributed by atoms with Crippen LogP contribution in [0.5, 0.6) is 0 Å². The van der Waals surface area contributed by atoms with E-state index in [0.29, 0.717) is 18.4 Å². The lowest BCUT2D eigenvalue weighted by atomic mass is 10.1. The van der Waals surface area contributed by atoms with Gasteiger partial charge in [0.05, 0.1) is 18.8 Å². The molecule has 24 heavy (non-hydrogen) atoms. The molecule has 6 nitrogen and oxygen atoms in total. The highest BCUT2D eigenvalue weighted by Gasteiger charge is 2.41. The number of sulfone groups is 1. The second kappa shape index (κ2) is 7.61. The van der Waals surface area contributed by atoms with E-state index in [1.54, 1.807) is 30.3 Å². The number of rotatable bonds is 1. The summed E-state index contributed by atoms with van der Waals surface area (Å²) in [4.78, 5) is 24.3. The number of hydrogen-bond donors (Lipinski definition) is 0. The molecule has 1 aromatic rings. The smallest absolute Gasteiger partial charge is 0.335 e. The first-order chi connectivity index (χ1) is 11.4. The van der Waals surface area contributed by atoms with Crippen LogP contribution in [0.25, 0.3) is 0 Å². The molecule has 1 aliphatic heterocycles. The molecule has 1 aromatic carbocycles. The largest absolute Gasteiger partial charge is 0.465 e. The van der Waals surface area contributed by atoms with E-state index in [-0.39, 0.29) is 18.8 Å². The van der Waals surface area contributed by atoms with Gasteiger partial charge in [0.2, 0.25) is 0 Å². The Hall–Kier alpha value is -2.15. The Balaban J connectivity index is 2.50. The molecule has 1 aliphatic rings. The van der Waals surface area contributed by atoms with Gasteiger partial charge in [0.15, 0.2) is 15.1 Å². The summed E-state index contributed by atoms with van der Waals surface area (Å²) >= 11 is 0. The van der Waals surface area contributed by atoms with Gasteiger partial charge < -0.3 is 9.47 Å². The molecule has 0 radical (unpaired) electrons. The van der Waals surface area contributed by atoms with Gasteiger partial charge in [-0.3, -0.25) is 4.79 Å². The second-order valence-corrected chi connectivity index (χ2v) is 7.91. The van der Waals surface area contributed by atoms with E-state index >= 15 is 0 Å². The third-order valence-corrected chi connectivity index (χ3v) is 6.24. The fourth-order valence-corrected chi connectivity index (χ4v) is 4.19. The summed E-state index contributed by atoms with van der Waals surface area (Å²) in [5, 5.41) is -2.76. The maximum Gasteiger partial charge on any atom is 0.335 e. The Morgan fingerprint density at radius 2 is 1.62 bits per heavy atom. The topological polar surface area (TPSA) is 86.7 Å². The van der Waals surface area contributed by atoms with Crippen LogP contribution in [-0.4, -0.2) is 38.8 Å². The summed E-state index contributed by atoms with van der Waals surface area (Å²) in [6.07, 6.45) is 1.00. The van der Waals surface area contributed by atoms with Gasteiger partial charge in [-0.25, -0.2) is 13.2 Å². The van der Waals surface area contributed by atoms with Gasteiger partial charge in [-0.2, -0.15) is 0 Å². The molecule has 0 aromatic heterocycles. The van der Waals surface area contributed by atoms with Crippen molar-refractivity contribution in [2.75, 3.05) is 13.2 Å². The van der Waals surface area contributed by atoms with Crippen LogP contribution in [-0.2, 0) is 28.9 Å². The molecule has 0 amide bonds. The van der Waals surface area contributed by atoms with Gasteiger partial charge in [-0.15, -0.1) is 0 Å². The zero-order valence-corrected chi connectivity index (χ0v) is 14.3. The zero-order valence-electron chi connectivity index (χ0n) is 13.4. The van der Waals surface area contributed by atoms with Crippen LogP contribution in [0, 0.1) is 0 Å². The fraction of sp³-hybridized carbons (Fsp3) is 0.412. The van der Waals surface area contributed by atoms with Gasteiger partial charge in [0.1, 0.15) is 5.25 Å². The fourth-order valence-electron chi connectivity index (χ4n) is 2.41. The van der Waals surface area contributed by atoms with Gasteiger partial charge in [0.25, 0.3) is 0 Å². The van der Waals surface area contributed by atoms with E-state index < -0.39 is 32.3 Å². The number of carbonyl (C=O) groups excluding carboxylic acids is 2. The van der Waals surface area contributed by atoms with Crippen LogP contribution in [0.2, 0.25) is 0 Å². The summed E-state index contributed by atoms with van der Waals surface area (Å²) in [6.45, 7) is 5.10. The molecule has 0 bridgehead atoms. The Kier molecular flexibility index (Phi) is 5.77. The van der Waals surface area contributed by atoms with Crippen molar-refractivity contribution >= 4 is 21.8 Å². The average Bonchev–Trinajstić information content (AvgIpc) is 2.56. The summed E-state index contributed by atoms with van der Waals surface area (Å²) < 4.78 is 36.0. The summed E-state index contributed by atoms with van der Waals surface area (Å²) in [5.41, 5.74) is 0.151. The lowest BCUT2D eigenvalue weighted by Crippen LogP contribution is -2.35. The Labute approximate surface area is 141 Å². The Bertz CT molecular complexity index is 723. The number of ether oxygens (including phenoxy) is 2. The van der Waals surface area contributed by atoms with Crippen molar-refractivity contribution in [2.24, 2.45) is 0 Å². The van der Waals surface area contributed by atoms with E-state index in [0.717, 1.165) is 0 Å². The third-order valence-electron chi connectivity index (χ3n) is 3.85.